The van der Waals surface area contributed by atoms with Gasteiger partial charge in [-0.25, -0.2) is 0 Å². The molecule has 0 aliphatic carbocycles. The van der Waals surface area contributed by atoms with Crippen molar-refractivity contribution < 1.29 is 9.53 Å². The summed E-state index contributed by atoms with van der Waals surface area (Å²) in [5.74, 6) is 0.285. The van der Waals surface area contributed by atoms with E-state index in [4.69, 9.17) is 4.74 Å². The lowest BCUT2D eigenvalue weighted by Gasteiger charge is -2.49. The predicted octanol–water partition coefficient (Wildman–Crippen LogP) is 1.89. The second-order valence-corrected chi connectivity index (χ2v) is 7.89. The normalized spacial score (nSPS) is 26.9. The highest BCUT2D eigenvalue weighted by Gasteiger charge is 2.42. The number of hydrogen-bond donors (Lipinski definition) is 0. The van der Waals surface area contributed by atoms with Crippen LogP contribution >= 0.6 is 11.3 Å². The molecule has 1 aromatic rings. The molecule has 5 nitrogen and oxygen atoms in total. The molecule has 1 aromatic heterocycles. The standard InChI is InChI=1S/C18H29N3O2S/c1-19-8-9-20(13-16-4-12-24-14-16)15-18(19)5-3-17(22)21(7-6-18)10-11-23-2/h4,12,14H,3,5-11,13,15H2,1-2H3/t18-/m0/s1. The van der Waals surface area contributed by atoms with E-state index in [1.807, 2.05) is 4.90 Å². The van der Waals surface area contributed by atoms with E-state index in [9.17, 15) is 4.79 Å². The molecule has 0 radical (unpaired) electrons. The fraction of sp³-hybridized carbons (Fsp3) is 0.722. The summed E-state index contributed by atoms with van der Waals surface area (Å²) in [5, 5.41) is 4.40. The van der Waals surface area contributed by atoms with E-state index in [1.54, 1.807) is 18.4 Å². The number of ether oxygens (including phenoxy) is 1. The van der Waals surface area contributed by atoms with Crippen molar-refractivity contribution in [1.29, 1.82) is 0 Å². The maximum absolute atomic E-state index is 12.4. The maximum atomic E-state index is 12.4. The third-order valence-corrected chi connectivity index (χ3v) is 6.37. The van der Waals surface area contributed by atoms with Crippen LogP contribution < -0.4 is 0 Å². The lowest BCUT2D eigenvalue weighted by Crippen LogP contribution is -2.60. The molecular formula is C18H29N3O2S. The molecule has 0 unspecified atom stereocenters. The van der Waals surface area contributed by atoms with E-state index in [0.29, 0.717) is 19.6 Å². The highest BCUT2D eigenvalue weighted by molar-refractivity contribution is 7.07. The summed E-state index contributed by atoms with van der Waals surface area (Å²) >= 11 is 1.77. The summed E-state index contributed by atoms with van der Waals surface area (Å²) in [6.07, 6.45) is 2.67. The summed E-state index contributed by atoms with van der Waals surface area (Å²) in [5.41, 5.74) is 1.54. The molecule has 2 aliphatic rings. The highest BCUT2D eigenvalue weighted by atomic mass is 32.1. The first-order valence-corrected chi connectivity index (χ1v) is 9.79. The number of hydrogen-bond acceptors (Lipinski definition) is 5. The van der Waals surface area contributed by atoms with Crippen LogP contribution in [0.4, 0.5) is 0 Å². The van der Waals surface area contributed by atoms with Gasteiger partial charge in [-0.3, -0.25) is 14.6 Å². The molecule has 24 heavy (non-hydrogen) atoms. The summed E-state index contributed by atoms with van der Waals surface area (Å²) in [4.78, 5) is 19.5. The third kappa shape index (κ3) is 3.99. The van der Waals surface area contributed by atoms with Gasteiger partial charge in [0.25, 0.3) is 0 Å². The van der Waals surface area contributed by atoms with Crippen molar-refractivity contribution in [3.63, 3.8) is 0 Å². The van der Waals surface area contributed by atoms with E-state index in [1.165, 1.54) is 5.56 Å². The van der Waals surface area contributed by atoms with Crippen LogP contribution in [0.2, 0.25) is 0 Å². The molecule has 2 saturated heterocycles. The van der Waals surface area contributed by atoms with Crippen LogP contribution in [0.25, 0.3) is 0 Å². The van der Waals surface area contributed by atoms with Crippen LogP contribution in [0.1, 0.15) is 24.8 Å². The molecule has 134 valence electrons. The van der Waals surface area contributed by atoms with Crippen LogP contribution in [0.5, 0.6) is 0 Å². The topological polar surface area (TPSA) is 36.0 Å². The number of carbonyl (C=O) groups is 1. The Morgan fingerprint density at radius 2 is 2.17 bits per heavy atom. The summed E-state index contributed by atoms with van der Waals surface area (Å²) in [6, 6.07) is 2.22. The Labute approximate surface area is 149 Å². The van der Waals surface area contributed by atoms with Crippen LogP contribution in [0.3, 0.4) is 0 Å². The SMILES string of the molecule is COCCN1CC[C@@]2(CCC1=O)CN(Cc1ccsc1)CCN2C. The van der Waals surface area contributed by atoms with E-state index in [0.717, 1.165) is 45.6 Å². The molecule has 6 heteroatoms. The first-order chi connectivity index (χ1) is 11.6. The van der Waals surface area contributed by atoms with Gasteiger partial charge in [-0.2, -0.15) is 11.3 Å². The Hall–Kier alpha value is -0.950. The van der Waals surface area contributed by atoms with Crippen molar-refractivity contribution in [3.05, 3.63) is 22.4 Å². The van der Waals surface area contributed by atoms with Crippen molar-refractivity contribution in [1.82, 2.24) is 14.7 Å². The minimum atomic E-state index is 0.131. The zero-order valence-electron chi connectivity index (χ0n) is 14.9. The van der Waals surface area contributed by atoms with Gasteiger partial charge in [-0.05, 0) is 42.3 Å². The number of likely N-dealkylation sites (tertiary alicyclic amines) is 1. The number of rotatable bonds is 5. The van der Waals surface area contributed by atoms with Gasteiger partial charge < -0.3 is 9.64 Å². The van der Waals surface area contributed by atoms with Crippen molar-refractivity contribution in [2.24, 2.45) is 0 Å². The van der Waals surface area contributed by atoms with Crippen LogP contribution in [0.15, 0.2) is 16.8 Å². The maximum Gasteiger partial charge on any atom is 0.222 e. The summed E-state index contributed by atoms with van der Waals surface area (Å²) in [6.45, 7) is 6.46. The predicted molar refractivity (Wildman–Crippen MR) is 97.3 cm³/mol. The van der Waals surface area contributed by atoms with Gasteiger partial charge in [0.05, 0.1) is 6.61 Å². The average Bonchev–Trinajstić information content (AvgIpc) is 3.03. The van der Waals surface area contributed by atoms with Gasteiger partial charge in [-0.15, -0.1) is 0 Å². The molecular weight excluding hydrogens is 322 g/mol. The monoisotopic (exact) mass is 351 g/mol. The van der Waals surface area contributed by atoms with Crippen molar-refractivity contribution in [2.75, 3.05) is 53.5 Å². The molecule has 2 fully saturated rings. The van der Waals surface area contributed by atoms with Gasteiger partial charge in [0.1, 0.15) is 0 Å². The Morgan fingerprint density at radius 3 is 2.92 bits per heavy atom. The number of nitrogens with zero attached hydrogens (tertiary/aromatic N) is 3. The van der Waals surface area contributed by atoms with Gasteiger partial charge in [0.15, 0.2) is 0 Å². The first-order valence-electron chi connectivity index (χ1n) is 8.84. The van der Waals surface area contributed by atoms with Crippen molar-refractivity contribution in [2.45, 2.75) is 31.3 Å². The largest absolute Gasteiger partial charge is 0.383 e. The highest BCUT2D eigenvalue weighted by Crippen LogP contribution is 2.32. The van der Waals surface area contributed by atoms with Crippen molar-refractivity contribution in [3.8, 4) is 0 Å². The van der Waals surface area contributed by atoms with E-state index < -0.39 is 0 Å². The van der Waals surface area contributed by atoms with Crippen LogP contribution in [0, 0.1) is 0 Å². The number of thiophene rings is 1. The van der Waals surface area contributed by atoms with E-state index >= 15 is 0 Å². The van der Waals surface area contributed by atoms with Crippen LogP contribution in [-0.2, 0) is 16.1 Å². The zero-order chi connectivity index (χ0) is 17.0. The Bertz CT molecular complexity index is 536. The van der Waals surface area contributed by atoms with E-state index in [-0.39, 0.29) is 11.4 Å². The molecule has 0 N–H and O–H groups in total. The second kappa shape index (κ2) is 7.95. The van der Waals surface area contributed by atoms with Gasteiger partial charge in [0, 0.05) is 58.3 Å². The number of piperazine rings is 1. The number of carbonyl (C=O) groups excluding carboxylic acids is 1. The van der Waals surface area contributed by atoms with Crippen LogP contribution in [-0.4, -0.2) is 79.6 Å². The average molecular weight is 352 g/mol. The van der Waals surface area contributed by atoms with E-state index in [2.05, 4.69) is 33.7 Å². The molecule has 0 bridgehead atoms. The molecule has 3 heterocycles. The van der Waals surface area contributed by atoms with Gasteiger partial charge >= 0.3 is 0 Å². The second-order valence-electron chi connectivity index (χ2n) is 7.11. The van der Waals surface area contributed by atoms with Gasteiger partial charge in [0.2, 0.25) is 5.91 Å². The quantitative estimate of drug-likeness (QED) is 0.812. The fourth-order valence-electron chi connectivity index (χ4n) is 3.99. The molecule has 2 aliphatic heterocycles. The lowest BCUT2D eigenvalue weighted by atomic mass is 9.86. The molecule has 3 rings (SSSR count). The smallest absolute Gasteiger partial charge is 0.222 e. The summed E-state index contributed by atoms with van der Waals surface area (Å²) < 4.78 is 5.16. The van der Waals surface area contributed by atoms with Crippen molar-refractivity contribution >= 4 is 17.2 Å². The lowest BCUT2D eigenvalue weighted by molar-refractivity contribution is -0.131. The molecule has 0 aromatic carbocycles. The first kappa shape index (κ1) is 17.9. The Morgan fingerprint density at radius 1 is 1.29 bits per heavy atom. The minimum absolute atomic E-state index is 0.131. The summed E-state index contributed by atoms with van der Waals surface area (Å²) in [7, 11) is 3.93. The number of likely N-dealkylation sites (N-methyl/N-ethyl adjacent to an activating group) is 1. The minimum Gasteiger partial charge on any atom is -0.383 e. The fourth-order valence-corrected chi connectivity index (χ4v) is 4.65. The molecule has 1 spiro atoms. The molecule has 1 amide bonds. The molecule has 0 saturated carbocycles. The zero-order valence-corrected chi connectivity index (χ0v) is 15.7. The Kier molecular flexibility index (Phi) is 5.92. The van der Waals surface area contributed by atoms with Gasteiger partial charge in [-0.1, -0.05) is 0 Å². The molecule has 1 atom stereocenters. The number of methoxy groups -OCH3 is 1. The number of amides is 1. The third-order valence-electron chi connectivity index (χ3n) is 5.63. The Balaban J connectivity index is 1.66.